The molecule has 0 aliphatic heterocycles. The number of aromatic nitrogens is 2. The van der Waals surface area contributed by atoms with Gasteiger partial charge in [0.1, 0.15) is 0 Å². The second kappa shape index (κ2) is 5.45. The van der Waals surface area contributed by atoms with Gasteiger partial charge < -0.3 is 5.32 Å². The minimum atomic E-state index is 0.723. The van der Waals surface area contributed by atoms with Crippen LogP contribution in [0.25, 0.3) is 0 Å². The van der Waals surface area contributed by atoms with E-state index in [1.807, 2.05) is 0 Å². The molecule has 3 rings (SSSR count). The van der Waals surface area contributed by atoms with Crippen molar-refractivity contribution in [2.45, 2.75) is 65.1 Å². The third kappa shape index (κ3) is 2.82. The zero-order chi connectivity index (χ0) is 13.4. The third-order valence-corrected chi connectivity index (χ3v) is 4.90. The van der Waals surface area contributed by atoms with E-state index in [1.165, 1.54) is 31.4 Å². The van der Waals surface area contributed by atoms with E-state index in [4.69, 9.17) is 11.6 Å². The number of aryl methyl sites for hydroxylation is 2. The molecule has 1 heterocycles. The normalized spacial score (nSPS) is 19.4. The standard InChI is InChI=1S/C15H24ClN3/c1-3-12-14(16)13(19(4-2)18-12)9-17-15(10-5-6-10)11-7-8-11/h10-11,15,17H,3-9H2,1-2H3. The molecule has 1 N–H and O–H groups in total. The van der Waals surface area contributed by atoms with Crippen LogP contribution in [0.2, 0.25) is 5.02 Å². The largest absolute Gasteiger partial charge is 0.308 e. The molecule has 1 aromatic rings. The molecule has 106 valence electrons. The molecule has 2 aliphatic rings. The number of halogens is 1. The minimum Gasteiger partial charge on any atom is -0.308 e. The van der Waals surface area contributed by atoms with E-state index in [0.29, 0.717) is 0 Å². The fourth-order valence-electron chi connectivity index (χ4n) is 3.03. The van der Waals surface area contributed by atoms with E-state index in [-0.39, 0.29) is 0 Å². The summed E-state index contributed by atoms with van der Waals surface area (Å²) in [4.78, 5) is 0. The Kier molecular flexibility index (Phi) is 3.86. The third-order valence-electron chi connectivity index (χ3n) is 4.46. The van der Waals surface area contributed by atoms with Gasteiger partial charge >= 0.3 is 0 Å². The quantitative estimate of drug-likeness (QED) is 0.830. The Morgan fingerprint density at radius 2 is 1.89 bits per heavy atom. The molecule has 0 spiro atoms. The summed E-state index contributed by atoms with van der Waals surface area (Å²) in [5.74, 6) is 1.85. The van der Waals surface area contributed by atoms with Crippen molar-refractivity contribution >= 4 is 11.6 Å². The van der Waals surface area contributed by atoms with E-state index >= 15 is 0 Å². The van der Waals surface area contributed by atoms with Crippen molar-refractivity contribution in [1.82, 2.24) is 15.1 Å². The predicted molar refractivity (Wildman–Crippen MR) is 78.4 cm³/mol. The lowest BCUT2D eigenvalue weighted by Crippen LogP contribution is -2.33. The molecular weight excluding hydrogens is 258 g/mol. The summed E-state index contributed by atoms with van der Waals surface area (Å²) in [6, 6.07) is 0.723. The SMILES string of the molecule is CCc1nn(CC)c(CNC(C2CC2)C2CC2)c1Cl. The molecule has 0 bridgehead atoms. The molecular formula is C15H24ClN3. The van der Waals surface area contributed by atoms with Crippen LogP contribution >= 0.6 is 11.6 Å². The molecule has 1 aromatic heterocycles. The van der Waals surface area contributed by atoms with Crippen LogP contribution in [0.1, 0.15) is 50.9 Å². The average Bonchev–Trinajstić information content (AvgIpc) is 3.30. The van der Waals surface area contributed by atoms with Crippen LogP contribution in [0, 0.1) is 11.8 Å². The number of nitrogens with one attached hydrogen (secondary N) is 1. The summed E-state index contributed by atoms with van der Waals surface area (Å²) in [5.41, 5.74) is 2.21. The van der Waals surface area contributed by atoms with Crippen molar-refractivity contribution in [1.29, 1.82) is 0 Å². The first kappa shape index (κ1) is 13.4. The minimum absolute atomic E-state index is 0.723. The molecule has 2 fully saturated rings. The first-order chi connectivity index (χ1) is 9.24. The van der Waals surface area contributed by atoms with Gasteiger partial charge in [-0.15, -0.1) is 0 Å². The molecule has 4 heteroatoms. The van der Waals surface area contributed by atoms with Gasteiger partial charge in [-0.05, 0) is 50.9 Å². The van der Waals surface area contributed by atoms with Crippen LogP contribution in [0.3, 0.4) is 0 Å². The summed E-state index contributed by atoms with van der Waals surface area (Å²) in [6.07, 6.45) is 6.56. The van der Waals surface area contributed by atoms with Gasteiger partial charge in [0.25, 0.3) is 0 Å². The number of hydrogen-bond acceptors (Lipinski definition) is 2. The van der Waals surface area contributed by atoms with Crippen LogP contribution in [0.15, 0.2) is 0 Å². The Hall–Kier alpha value is -0.540. The molecule has 0 aromatic carbocycles. The fraction of sp³-hybridized carbons (Fsp3) is 0.800. The van der Waals surface area contributed by atoms with E-state index in [0.717, 1.165) is 48.1 Å². The van der Waals surface area contributed by atoms with Crippen molar-refractivity contribution < 1.29 is 0 Å². The fourth-order valence-corrected chi connectivity index (χ4v) is 3.37. The molecule has 2 saturated carbocycles. The summed E-state index contributed by atoms with van der Waals surface area (Å²) >= 11 is 6.46. The highest BCUT2D eigenvalue weighted by Gasteiger charge is 2.41. The lowest BCUT2D eigenvalue weighted by molar-refractivity contribution is 0.407. The molecule has 0 unspecified atom stereocenters. The maximum atomic E-state index is 6.46. The first-order valence-corrected chi connectivity index (χ1v) is 8.09. The molecule has 0 amide bonds. The summed E-state index contributed by atoms with van der Waals surface area (Å²) in [7, 11) is 0. The topological polar surface area (TPSA) is 29.9 Å². The van der Waals surface area contributed by atoms with E-state index in [2.05, 4.69) is 28.9 Å². The van der Waals surface area contributed by atoms with Crippen LogP contribution in [0.4, 0.5) is 0 Å². The van der Waals surface area contributed by atoms with Crippen LogP contribution in [0.5, 0.6) is 0 Å². The highest BCUT2D eigenvalue weighted by molar-refractivity contribution is 6.31. The Balaban J connectivity index is 1.69. The van der Waals surface area contributed by atoms with Gasteiger partial charge in [-0.3, -0.25) is 4.68 Å². The lowest BCUT2D eigenvalue weighted by atomic mass is 10.1. The van der Waals surface area contributed by atoms with Gasteiger partial charge in [0.15, 0.2) is 0 Å². The number of hydrogen-bond donors (Lipinski definition) is 1. The zero-order valence-corrected chi connectivity index (χ0v) is 12.7. The molecule has 0 saturated heterocycles. The van der Waals surface area contributed by atoms with Gasteiger partial charge in [-0.2, -0.15) is 5.10 Å². The second-order valence-electron chi connectivity index (χ2n) is 5.96. The molecule has 0 radical (unpaired) electrons. The van der Waals surface area contributed by atoms with Crippen LogP contribution in [-0.2, 0) is 19.5 Å². The Morgan fingerprint density at radius 1 is 1.26 bits per heavy atom. The summed E-state index contributed by atoms with van der Waals surface area (Å²) in [5, 5.41) is 9.23. The van der Waals surface area contributed by atoms with E-state index in [9.17, 15) is 0 Å². The molecule has 19 heavy (non-hydrogen) atoms. The van der Waals surface area contributed by atoms with Crippen molar-refractivity contribution in [3.8, 4) is 0 Å². The summed E-state index contributed by atoms with van der Waals surface area (Å²) in [6.45, 7) is 6.01. The molecule has 3 nitrogen and oxygen atoms in total. The Labute approximate surface area is 120 Å². The number of nitrogens with zero attached hydrogens (tertiary/aromatic N) is 2. The van der Waals surface area contributed by atoms with Crippen molar-refractivity contribution in [2.24, 2.45) is 11.8 Å². The van der Waals surface area contributed by atoms with Crippen LogP contribution < -0.4 is 5.32 Å². The zero-order valence-electron chi connectivity index (χ0n) is 12.0. The van der Waals surface area contributed by atoms with E-state index < -0.39 is 0 Å². The van der Waals surface area contributed by atoms with E-state index in [1.54, 1.807) is 0 Å². The van der Waals surface area contributed by atoms with Crippen molar-refractivity contribution in [3.63, 3.8) is 0 Å². The molecule has 2 aliphatic carbocycles. The van der Waals surface area contributed by atoms with Gasteiger partial charge in [0.05, 0.1) is 16.4 Å². The van der Waals surface area contributed by atoms with Crippen molar-refractivity contribution in [3.05, 3.63) is 16.4 Å². The first-order valence-electron chi connectivity index (χ1n) is 7.72. The van der Waals surface area contributed by atoms with Crippen molar-refractivity contribution in [2.75, 3.05) is 0 Å². The highest BCUT2D eigenvalue weighted by atomic mass is 35.5. The highest BCUT2D eigenvalue weighted by Crippen LogP contribution is 2.44. The maximum absolute atomic E-state index is 6.46. The summed E-state index contributed by atoms with van der Waals surface area (Å²) < 4.78 is 2.06. The second-order valence-corrected chi connectivity index (χ2v) is 6.34. The lowest BCUT2D eigenvalue weighted by Gasteiger charge is -2.18. The average molecular weight is 282 g/mol. The molecule has 0 atom stereocenters. The Morgan fingerprint density at radius 3 is 2.37 bits per heavy atom. The predicted octanol–water partition coefficient (Wildman–Crippen LogP) is 3.40. The van der Waals surface area contributed by atoms with Crippen LogP contribution in [-0.4, -0.2) is 15.8 Å². The maximum Gasteiger partial charge on any atom is 0.0863 e. The number of rotatable bonds is 7. The monoisotopic (exact) mass is 281 g/mol. The van der Waals surface area contributed by atoms with Gasteiger partial charge in [-0.1, -0.05) is 18.5 Å². The smallest absolute Gasteiger partial charge is 0.0863 e. The van der Waals surface area contributed by atoms with Gasteiger partial charge in [-0.25, -0.2) is 0 Å². The van der Waals surface area contributed by atoms with Gasteiger partial charge in [0.2, 0.25) is 0 Å². The Bertz CT molecular complexity index is 434. The van der Waals surface area contributed by atoms with Gasteiger partial charge in [0, 0.05) is 19.1 Å².